The second kappa shape index (κ2) is 4.76. The zero-order valence-electron chi connectivity index (χ0n) is 10.8. The maximum absolute atomic E-state index is 6.22. The van der Waals surface area contributed by atoms with E-state index < -0.39 is 0 Å². The van der Waals surface area contributed by atoms with Crippen molar-refractivity contribution in [3.8, 4) is 11.3 Å². The second-order valence-corrected chi connectivity index (χ2v) is 5.60. The molecule has 0 spiro atoms. The number of benzene rings is 2. The van der Waals surface area contributed by atoms with Crippen LogP contribution in [0.4, 0.5) is 0 Å². The number of rotatable bonds is 1. The SMILES string of the molecule is Clc1ccnc(-c2cccc3c2oc2c(Cl)cccc23)c1. The van der Waals surface area contributed by atoms with Crippen molar-refractivity contribution in [1.29, 1.82) is 0 Å². The average Bonchev–Trinajstić information content (AvgIpc) is 2.87. The highest BCUT2D eigenvalue weighted by Gasteiger charge is 2.14. The molecule has 2 heterocycles. The maximum Gasteiger partial charge on any atom is 0.154 e. The first kappa shape index (κ1) is 12.7. The first-order valence-electron chi connectivity index (χ1n) is 6.46. The summed E-state index contributed by atoms with van der Waals surface area (Å²) in [7, 11) is 0. The largest absolute Gasteiger partial charge is 0.454 e. The molecular weight excluding hydrogens is 305 g/mol. The minimum absolute atomic E-state index is 0.605. The molecule has 0 unspecified atom stereocenters. The zero-order valence-corrected chi connectivity index (χ0v) is 12.3. The van der Waals surface area contributed by atoms with Crippen LogP contribution >= 0.6 is 23.2 Å². The molecule has 0 N–H and O–H groups in total. The smallest absolute Gasteiger partial charge is 0.154 e. The number of para-hydroxylation sites is 2. The fourth-order valence-corrected chi connectivity index (χ4v) is 2.91. The number of pyridine rings is 1. The van der Waals surface area contributed by atoms with Crippen LogP contribution in [0.25, 0.3) is 33.2 Å². The Morgan fingerprint density at radius 2 is 1.62 bits per heavy atom. The summed E-state index contributed by atoms with van der Waals surface area (Å²) in [5.74, 6) is 0. The first-order valence-corrected chi connectivity index (χ1v) is 7.21. The molecule has 0 aliphatic rings. The molecule has 2 aromatic heterocycles. The maximum atomic E-state index is 6.22. The van der Waals surface area contributed by atoms with Crippen molar-refractivity contribution >= 4 is 45.1 Å². The van der Waals surface area contributed by atoms with E-state index in [0.29, 0.717) is 15.6 Å². The second-order valence-electron chi connectivity index (χ2n) is 4.76. The van der Waals surface area contributed by atoms with Gasteiger partial charge >= 0.3 is 0 Å². The minimum Gasteiger partial charge on any atom is -0.454 e. The molecule has 0 bridgehead atoms. The Balaban J connectivity index is 2.11. The molecule has 0 aliphatic carbocycles. The van der Waals surface area contributed by atoms with Crippen molar-refractivity contribution in [2.24, 2.45) is 0 Å². The summed E-state index contributed by atoms with van der Waals surface area (Å²) in [6, 6.07) is 15.3. The third-order valence-corrected chi connectivity index (χ3v) is 4.01. The van der Waals surface area contributed by atoms with Crippen molar-refractivity contribution in [1.82, 2.24) is 4.98 Å². The summed E-state index contributed by atoms with van der Waals surface area (Å²) in [5, 5.41) is 3.27. The highest BCUT2D eigenvalue weighted by molar-refractivity contribution is 6.36. The van der Waals surface area contributed by atoms with Gasteiger partial charge in [-0.3, -0.25) is 4.98 Å². The summed E-state index contributed by atoms with van der Waals surface area (Å²) >= 11 is 12.3. The third kappa shape index (κ3) is 1.99. The standard InChI is InChI=1S/C17H9Cl2NO/c18-10-7-8-20-15(9-10)13-5-1-3-11-12-4-2-6-14(19)17(12)21-16(11)13/h1-9H. The number of hydrogen-bond donors (Lipinski definition) is 0. The molecule has 0 radical (unpaired) electrons. The first-order chi connectivity index (χ1) is 10.2. The van der Waals surface area contributed by atoms with Crippen LogP contribution in [-0.4, -0.2) is 4.98 Å². The van der Waals surface area contributed by atoms with Crippen molar-refractivity contribution < 1.29 is 4.42 Å². The third-order valence-electron chi connectivity index (χ3n) is 3.47. The summed E-state index contributed by atoms with van der Waals surface area (Å²) in [6.45, 7) is 0. The minimum atomic E-state index is 0.605. The summed E-state index contributed by atoms with van der Waals surface area (Å²) in [5.41, 5.74) is 3.16. The highest BCUT2D eigenvalue weighted by Crippen LogP contribution is 2.37. The molecule has 102 valence electrons. The van der Waals surface area contributed by atoms with Gasteiger partial charge < -0.3 is 4.42 Å². The van der Waals surface area contributed by atoms with Crippen LogP contribution in [-0.2, 0) is 0 Å². The Labute approximate surface area is 130 Å². The van der Waals surface area contributed by atoms with Gasteiger partial charge in [0.15, 0.2) is 5.58 Å². The topological polar surface area (TPSA) is 26.0 Å². The van der Waals surface area contributed by atoms with Gasteiger partial charge in [-0.25, -0.2) is 0 Å². The number of fused-ring (bicyclic) bond motifs is 3. The number of furan rings is 1. The van der Waals surface area contributed by atoms with E-state index in [9.17, 15) is 0 Å². The predicted molar refractivity (Wildman–Crippen MR) is 87.0 cm³/mol. The van der Waals surface area contributed by atoms with Crippen molar-refractivity contribution in [3.05, 3.63) is 64.8 Å². The van der Waals surface area contributed by atoms with Gasteiger partial charge in [0.2, 0.25) is 0 Å². The Morgan fingerprint density at radius 3 is 2.43 bits per heavy atom. The van der Waals surface area contributed by atoms with Crippen LogP contribution in [0.5, 0.6) is 0 Å². The van der Waals surface area contributed by atoms with E-state index in [1.54, 1.807) is 12.3 Å². The lowest BCUT2D eigenvalue weighted by Gasteiger charge is -2.01. The molecule has 0 saturated heterocycles. The molecule has 21 heavy (non-hydrogen) atoms. The van der Waals surface area contributed by atoms with Gasteiger partial charge in [-0.15, -0.1) is 0 Å². The van der Waals surface area contributed by atoms with Gasteiger partial charge in [-0.05, 0) is 24.3 Å². The summed E-state index contributed by atoms with van der Waals surface area (Å²) in [6.07, 6.45) is 1.69. The predicted octanol–water partition coefficient (Wildman–Crippen LogP) is 5.95. The molecule has 0 atom stereocenters. The van der Waals surface area contributed by atoms with Crippen molar-refractivity contribution in [3.63, 3.8) is 0 Å². The Bertz CT molecular complexity index is 975. The Morgan fingerprint density at radius 1 is 0.857 bits per heavy atom. The van der Waals surface area contributed by atoms with E-state index in [1.165, 1.54) is 0 Å². The lowest BCUT2D eigenvalue weighted by Crippen LogP contribution is -1.83. The van der Waals surface area contributed by atoms with Crippen LogP contribution in [0, 0.1) is 0 Å². The molecule has 2 aromatic carbocycles. The van der Waals surface area contributed by atoms with Gasteiger partial charge in [0.05, 0.1) is 10.7 Å². The van der Waals surface area contributed by atoms with Crippen LogP contribution in [0.15, 0.2) is 59.1 Å². The van der Waals surface area contributed by atoms with E-state index in [4.69, 9.17) is 27.6 Å². The lowest BCUT2D eigenvalue weighted by molar-refractivity contribution is 0.670. The average molecular weight is 314 g/mol. The van der Waals surface area contributed by atoms with E-state index in [1.807, 2.05) is 42.5 Å². The fraction of sp³-hybridized carbons (Fsp3) is 0. The number of aromatic nitrogens is 1. The van der Waals surface area contributed by atoms with Gasteiger partial charge in [0.25, 0.3) is 0 Å². The molecule has 4 heteroatoms. The van der Waals surface area contributed by atoms with Gasteiger partial charge in [-0.1, -0.05) is 47.5 Å². The van der Waals surface area contributed by atoms with Gasteiger partial charge in [0.1, 0.15) is 5.58 Å². The molecule has 4 aromatic rings. The van der Waals surface area contributed by atoms with E-state index >= 15 is 0 Å². The van der Waals surface area contributed by atoms with Gasteiger partial charge in [-0.2, -0.15) is 0 Å². The molecule has 4 rings (SSSR count). The van der Waals surface area contributed by atoms with Crippen LogP contribution in [0.3, 0.4) is 0 Å². The lowest BCUT2D eigenvalue weighted by atomic mass is 10.1. The normalized spacial score (nSPS) is 11.3. The van der Waals surface area contributed by atoms with Crippen LogP contribution in [0.1, 0.15) is 0 Å². The highest BCUT2D eigenvalue weighted by atomic mass is 35.5. The van der Waals surface area contributed by atoms with Gasteiger partial charge in [0, 0.05) is 27.6 Å². The molecular formula is C17H9Cl2NO. The van der Waals surface area contributed by atoms with Crippen LogP contribution < -0.4 is 0 Å². The zero-order chi connectivity index (χ0) is 14.4. The van der Waals surface area contributed by atoms with E-state index in [0.717, 1.165) is 27.6 Å². The van der Waals surface area contributed by atoms with Crippen molar-refractivity contribution in [2.45, 2.75) is 0 Å². The summed E-state index contributed by atoms with van der Waals surface area (Å²) in [4.78, 5) is 4.38. The molecule has 0 aliphatic heterocycles. The Kier molecular flexibility index (Phi) is 2.88. The quantitative estimate of drug-likeness (QED) is 0.433. The van der Waals surface area contributed by atoms with Crippen LogP contribution in [0.2, 0.25) is 10.0 Å². The van der Waals surface area contributed by atoms with E-state index in [-0.39, 0.29) is 0 Å². The molecule has 0 saturated carbocycles. The number of nitrogens with zero attached hydrogens (tertiary/aromatic N) is 1. The Hall–Kier alpha value is -2.03. The molecule has 0 fully saturated rings. The molecule has 0 amide bonds. The van der Waals surface area contributed by atoms with Crippen molar-refractivity contribution in [2.75, 3.05) is 0 Å². The fourth-order valence-electron chi connectivity index (χ4n) is 2.54. The number of halogens is 2. The van der Waals surface area contributed by atoms with E-state index in [2.05, 4.69) is 4.98 Å². The monoisotopic (exact) mass is 313 g/mol. The molecule has 2 nitrogen and oxygen atoms in total. The number of hydrogen-bond acceptors (Lipinski definition) is 2. The summed E-state index contributed by atoms with van der Waals surface area (Å²) < 4.78 is 5.99.